The lowest BCUT2D eigenvalue weighted by Crippen LogP contribution is -2.53. The van der Waals surface area contributed by atoms with Crippen LogP contribution in [0.25, 0.3) is 0 Å². The van der Waals surface area contributed by atoms with Gasteiger partial charge in [-0.1, -0.05) is 42.5 Å². The van der Waals surface area contributed by atoms with E-state index in [1.54, 1.807) is 43.6 Å². The summed E-state index contributed by atoms with van der Waals surface area (Å²) in [7, 11) is 3.25. The molecule has 2 aliphatic heterocycles. The molecule has 36 heavy (non-hydrogen) atoms. The number of nitriles is 1. The summed E-state index contributed by atoms with van der Waals surface area (Å²) >= 11 is 0. The lowest BCUT2D eigenvalue weighted by atomic mass is 9.71. The maximum absolute atomic E-state index is 12.2. The first-order valence-corrected chi connectivity index (χ1v) is 11.8. The number of aliphatic hydroxyl groups is 1. The average Bonchev–Trinajstić information content (AvgIpc) is 3.31. The van der Waals surface area contributed by atoms with E-state index in [1.807, 2.05) is 30.3 Å². The Kier molecular flexibility index (Phi) is 5.93. The number of likely N-dealkylation sites (tertiary alicyclic amines) is 1. The van der Waals surface area contributed by atoms with E-state index in [1.165, 1.54) is 0 Å². The Morgan fingerprint density at radius 3 is 2.36 bits per heavy atom. The SMILES string of the molecule is CN1CC(F)(F)C1.COc1cncc2c1C1(O)CCC(c3ccccc3)C1(c1ccc(C#N)cc1)O2. The molecule has 1 N–H and O–H groups in total. The molecule has 3 heterocycles. The predicted molar refractivity (Wildman–Crippen MR) is 129 cm³/mol. The van der Waals surface area contributed by atoms with Crippen LogP contribution >= 0.6 is 0 Å². The minimum absolute atomic E-state index is 0.0625. The molecule has 0 amide bonds. The van der Waals surface area contributed by atoms with Crippen molar-refractivity contribution in [2.75, 3.05) is 27.2 Å². The van der Waals surface area contributed by atoms with Crippen LogP contribution in [0, 0.1) is 11.3 Å². The zero-order valence-corrected chi connectivity index (χ0v) is 20.1. The summed E-state index contributed by atoms with van der Waals surface area (Å²) in [6, 6.07) is 19.6. The van der Waals surface area contributed by atoms with Crippen LogP contribution in [0.4, 0.5) is 8.78 Å². The van der Waals surface area contributed by atoms with Crippen molar-refractivity contribution in [1.82, 2.24) is 9.88 Å². The van der Waals surface area contributed by atoms with Crippen molar-refractivity contribution in [2.45, 2.75) is 35.9 Å². The number of hydrogen-bond donors (Lipinski definition) is 1. The summed E-state index contributed by atoms with van der Waals surface area (Å²) in [5, 5.41) is 21.4. The molecule has 3 atom stereocenters. The van der Waals surface area contributed by atoms with Crippen molar-refractivity contribution >= 4 is 0 Å². The van der Waals surface area contributed by atoms with Gasteiger partial charge in [0, 0.05) is 5.92 Å². The molecule has 186 valence electrons. The fourth-order valence-corrected chi connectivity index (χ4v) is 5.85. The highest BCUT2D eigenvalue weighted by Crippen LogP contribution is 2.67. The molecule has 3 aliphatic rings. The maximum Gasteiger partial charge on any atom is 0.272 e. The van der Waals surface area contributed by atoms with E-state index in [2.05, 4.69) is 23.2 Å². The fraction of sp³-hybridized carbons (Fsp3) is 0.357. The van der Waals surface area contributed by atoms with Crippen LogP contribution in [0.5, 0.6) is 11.5 Å². The molecule has 0 bridgehead atoms. The van der Waals surface area contributed by atoms with Crippen LogP contribution < -0.4 is 9.47 Å². The Morgan fingerprint density at radius 2 is 1.81 bits per heavy atom. The second-order valence-electron chi connectivity index (χ2n) is 9.63. The number of aromatic nitrogens is 1. The topological polar surface area (TPSA) is 78.6 Å². The van der Waals surface area contributed by atoms with Crippen LogP contribution in [0.15, 0.2) is 67.0 Å². The highest BCUT2D eigenvalue weighted by atomic mass is 19.3. The van der Waals surface area contributed by atoms with Gasteiger partial charge in [0.15, 0.2) is 5.60 Å². The molecule has 3 aromatic rings. The zero-order chi connectivity index (χ0) is 25.6. The predicted octanol–water partition coefficient (Wildman–Crippen LogP) is 4.58. The van der Waals surface area contributed by atoms with Gasteiger partial charge >= 0.3 is 0 Å². The average molecular weight is 492 g/mol. The molecule has 1 saturated heterocycles. The molecular formula is C28H27F2N3O3. The van der Waals surface area contributed by atoms with Gasteiger partial charge < -0.3 is 14.6 Å². The van der Waals surface area contributed by atoms with Crippen LogP contribution in [0.1, 0.15) is 41.0 Å². The number of alkyl halides is 2. The summed E-state index contributed by atoms with van der Waals surface area (Å²) in [5.41, 5.74) is 0.860. The van der Waals surface area contributed by atoms with Crippen LogP contribution in [-0.4, -0.2) is 48.2 Å². The van der Waals surface area contributed by atoms with Gasteiger partial charge in [0.2, 0.25) is 0 Å². The molecule has 2 fully saturated rings. The van der Waals surface area contributed by atoms with Crippen molar-refractivity contribution in [3.8, 4) is 17.6 Å². The summed E-state index contributed by atoms with van der Waals surface area (Å²) in [6.07, 6.45) is 4.54. The molecule has 0 spiro atoms. The van der Waals surface area contributed by atoms with Gasteiger partial charge in [-0.25, -0.2) is 8.78 Å². The Morgan fingerprint density at radius 1 is 1.11 bits per heavy atom. The first-order chi connectivity index (χ1) is 17.2. The molecule has 6 nitrogen and oxygen atoms in total. The summed E-state index contributed by atoms with van der Waals surface area (Å²) in [5.74, 6) is -1.39. The number of halogens is 2. The number of rotatable bonds is 3. The first-order valence-electron chi connectivity index (χ1n) is 11.8. The first kappa shape index (κ1) is 24.2. The molecule has 3 unspecified atom stereocenters. The monoisotopic (exact) mass is 491 g/mol. The smallest absolute Gasteiger partial charge is 0.272 e. The molecule has 8 heteroatoms. The van der Waals surface area contributed by atoms with Gasteiger partial charge in [-0.15, -0.1) is 0 Å². The standard InChI is InChI=1S/C24H20N2O3.C4H7F2N/c1-28-20-14-26-15-21-22(20)23(27)12-11-19(17-5-3-2-4-6-17)24(23,29-21)18-9-7-16(13-25)8-10-18;1-7-2-4(5,6)3-7/h2-10,14-15,19,27H,11-12H2,1H3;2-3H2,1H3. The third kappa shape index (κ3) is 3.71. The molecular weight excluding hydrogens is 464 g/mol. The second kappa shape index (κ2) is 8.84. The van der Waals surface area contributed by atoms with Gasteiger partial charge in [-0.3, -0.25) is 9.88 Å². The number of nitrogens with zero attached hydrogens (tertiary/aromatic N) is 3. The van der Waals surface area contributed by atoms with E-state index < -0.39 is 17.1 Å². The molecule has 6 rings (SSSR count). The molecule has 2 aromatic carbocycles. The van der Waals surface area contributed by atoms with Crippen LogP contribution in [0.2, 0.25) is 0 Å². The largest absolute Gasteiger partial charge is 0.495 e. The third-order valence-electron chi connectivity index (χ3n) is 7.33. The number of fused-ring (bicyclic) bond motifs is 3. The van der Waals surface area contributed by atoms with Crippen molar-refractivity contribution in [3.63, 3.8) is 0 Å². The minimum atomic E-state index is -2.38. The van der Waals surface area contributed by atoms with E-state index in [0.29, 0.717) is 29.0 Å². The van der Waals surface area contributed by atoms with Crippen molar-refractivity contribution in [1.29, 1.82) is 5.26 Å². The Bertz CT molecular complexity index is 1290. The highest BCUT2D eigenvalue weighted by molar-refractivity contribution is 5.57. The maximum atomic E-state index is 12.2. The van der Waals surface area contributed by atoms with Crippen molar-refractivity contribution in [2.24, 2.45) is 0 Å². The number of ether oxygens (including phenoxy) is 2. The van der Waals surface area contributed by atoms with Crippen LogP contribution in [-0.2, 0) is 11.2 Å². The third-order valence-corrected chi connectivity index (χ3v) is 7.33. The van der Waals surface area contributed by atoms with Gasteiger partial charge in [0.1, 0.15) is 17.1 Å². The normalized spacial score (nSPS) is 27.4. The van der Waals surface area contributed by atoms with Gasteiger partial charge in [0.05, 0.1) is 49.8 Å². The molecule has 1 aromatic heterocycles. The Balaban J connectivity index is 0.000000330. The molecule has 0 radical (unpaired) electrons. The number of methoxy groups -OCH3 is 1. The number of hydrogen-bond acceptors (Lipinski definition) is 6. The van der Waals surface area contributed by atoms with E-state index in [-0.39, 0.29) is 19.0 Å². The lowest BCUT2D eigenvalue weighted by Gasteiger charge is -2.40. The van der Waals surface area contributed by atoms with Crippen LogP contribution in [0.3, 0.4) is 0 Å². The van der Waals surface area contributed by atoms with E-state index in [9.17, 15) is 19.1 Å². The van der Waals surface area contributed by atoms with Gasteiger partial charge in [-0.2, -0.15) is 5.26 Å². The van der Waals surface area contributed by atoms with Crippen molar-refractivity contribution in [3.05, 3.63) is 89.2 Å². The summed E-state index contributed by atoms with van der Waals surface area (Å²) < 4.78 is 35.7. The van der Waals surface area contributed by atoms with Gasteiger partial charge in [-0.05, 0) is 43.1 Å². The van der Waals surface area contributed by atoms with Crippen molar-refractivity contribution < 1.29 is 23.4 Å². The minimum Gasteiger partial charge on any atom is -0.495 e. The summed E-state index contributed by atoms with van der Waals surface area (Å²) in [6.45, 7) is -0.125. The Labute approximate surface area is 208 Å². The zero-order valence-electron chi connectivity index (χ0n) is 20.1. The Hall–Kier alpha value is -3.54. The number of benzene rings is 2. The highest BCUT2D eigenvalue weighted by Gasteiger charge is 2.69. The van der Waals surface area contributed by atoms with E-state index >= 15 is 0 Å². The molecule has 1 aliphatic carbocycles. The fourth-order valence-electron chi connectivity index (χ4n) is 5.85. The van der Waals surface area contributed by atoms with E-state index in [0.717, 1.165) is 17.5 Å². The van der Waals surface area contributed by atoms with E-state index in [4.69, 9.17) is 9.47 Å². The molecule has 1 saturated carbocycles. The summed E-state index contributed by atoms with van der Waals surface area (Å²) in [4.78, 5) is 5.81. The number of pyridine rings is 1. The quantitative estimate of drug-likeness (QED) is 0.578. The lowest BCUT2D eigenvalue weighted by molar-refractivity contribution is -0.119. The van der Waals surface area contributed by atoms with Gasteiger partial charge in [0.25, 0.3) is 5.92 Å². The second-order valence-corrected chi connectivity index (χ2v) is 9.63.